The van der Waals surface area contributed by atoms with Gasteiger partial charge in [-0.15, -0.1) is 0 Å². The number of hydrogen-bond acceptors (Lipinski definition) is 5. The number of rotatable bonds is 9. The van der Waals surface area contributed by atoms with Crippen LogP contribution < -0.4 is 11.1 Å². The summed E-state index contributed by atoms with van der Waals surface area (Å²) in [4.78, 5) is 16.8. The van der Waals surface area contributed by atoms with E-state index in [4.69, 9.17) is 10.5 Å². The zero-order valence-corrected chi connectivity index (χ0v) is 15.5. The molecule has 0 radical (unpaired) electrons. The Bertz CT molecular complexity index is 507. The van der Waals surface area contributed by atoms with E-state index in [1.165, 1.54) is 5.56 Å². The molecule has 1 aromatic rings. The second-order valence-electron chi connectivity index (χ2n) is 6.73. The third kappa shape index (κ3) is 6.40. The largest absolute Gasteiger partial charge is 0.380 e. The Morgan fingerprint density at radius 1 is 1.36 bits per heavy atom. The fourth-order valence-corrected chi connectivity index (χ4v) is 3.27. The number of carbonyl (C=O) groups excluding carboxylic acids is 1. The summed E-state index contributed by atoms with van der Waals surface area (Å²) in [6, 6.07) is 11.1. The summed E-state index contributed by atoms with van der Waals surface area (Å²) >= 11 is 0. The first-order valence-electron chi connectivity index (χ1n) is 9.11. The Morgan fingerprint density at radius 2 is 2.12 bits per heavy atom. The molecular weight excluding hydrogens is 316 g/mol. The third-order valence-electron chi connectivity index (χ3n) is 4.83. The van der Waals surface area contributed by atoms with Gasteiger partial charge in [-0.05, 0) is 19.0 Å². The maximum absolute atomic E-state index is 11.9. The van der Waals surface area contributed by atoms with E-state index < -0.39 is 0 Å². The van der Waals surface area contributed by atoms with Crippen LogP contribution in [0.25, 0.3) is 0 Å². The standard InChI is InChI=1S/C19H32N4O2/c1-22-11-12-23(18(15-22)16-7-4-3-5-8-16)10-6-9-21-19(24)13-17(14-20)25-2/h3-5,7-8,17-18H,6,9-15,20H2,1-2H3,(H,21,24). The van der Waals surface area contributed by atoms with Gasteiger partial charge in [-0.1, -0.05) is 30.3 Å². The molecule has 3 N–H and O–H groups in total. The molecule has 0 saturated carbocycles. The molecule has 1 aromatic carbocycles. The lowest BCUT2D eigenvalue weighted by molar-refractivity contribution is -0.123. The fraction of sp³-hybridized carbons (Fsp3) is 0.632. The van der Waals surface area contributed by atoms with Gasteiger partial charge in [0.05, 0.1) is 12.5 Å². The van der Waals surface area contributed by atoms with Crippen LogP contribution in [0.2, 0.25) is 0 Å². The van der Waals surface area contributed by atoms with Crippen LogP contribution >= 0.6 is 0 Å². The highest BCUT2D eigenvalue weighted by atomic mass is 16.5. The molecule has 1 aliphatic heterocycles. The van der Waals surface area contributed by atoms with E-state index in [-0.39, 0.29) is 12.0 Å². The second kappa shape index (κ2) is 10.5. The molecule has 6 nitrogen and oxygen atoms in total. The van der Waals surface area contributed by atoms with Gasteiger partial charge in [0, 0.05) is 52.4 Å². The van der Waals surface area contributed by atoms with Crippen molar-refractivity contribution in [3.05, 3.63) is 35.9 Å². The van der Waals surface area contributed by atoms with E-state index in [1.807, 2.05) is 0 Å². The minimum Gasteiger partial charge on any atom is -0.380 e. The quantitative estimate of drug-likeness (QED) is 0.647. The Hall–Kier alpha value is -1.47. The number of nitrogens with one attached hydrogen (secondary N) is 1. The molecule has 1 fully saturated rings. The van der Waals surface area contributed by atoms with E-state index in [2.05, 4.69) is 52.5 Å². The molecule has 0 bridgehead atoms. The van der Waals surface area contributed by atoms with Crippen molar-refractivity contribution in [3.63, 3.8) is 0 Å². The lowest BCUT2D eigenvalue weighted by Gasteiger charge is -2.40. The number of ether oxygens (including phenoxy) is 1. The van der Waals surface area contributed by atoms with E-state index in [0.717, 1.165) is 32.6 Å². The van der Waals surface area contributed by atoms with Crippen LogP contribution in [0.5, 0.6) is 0 Å². The smallest absolute Gasteiger partial charge is 0.222 e. The number of methoxy groups -OCH3 is 1. The number of carbonyl (C=O) groups is 1. The highest BCUT2D eigenvalue weighted by Gasteiger charge is 2.25. The van der Waals surface area contributed by atoms with Crippen molar-refractivity contribution in [1.29, 1.82) is 0 Å². The zero-order chi connectivity index (χ0) is 18.1. The Labute approximate surface area is 151 Å². The first kappa shape index (κ1) is 19.8. The predicted molar refractivity (Wildman–Crippen MR) is 100 cm³/mol. The van der Waals surface area contributed by atoms with E-state index in [9.17, 15) is 4.79 Å². The molecular formula is C19H32N4O2. The maximum Gasteiger partial charge on any atom is 0.222 e. The van der Waals surface area contributed by atoms with Crippen LogP contribution in [0.3, 0.4) is 0 Å². The van der Waals surface area contributed by atoms with Gasteiger partial charge in [-0.3, -0.25) is 9.69 Å². The lowest BCUT2D eigenvalue weighted by atomic mass is 10.0. The first-order chi connectivity index (χ1) is 12.1. The highest BCUT2D eigenvalue weighted by molar-refractivity contribution is 5.76. The van der Waals surface area contributed by atoms with E-state index in [0.29, 0.717) is 25.6 Å². The average molecular weight is 348 g/mol. The fourth-order valence-electron chi connectivity index (χ4n) is 3.27. The van der Waals surface area contributed by atoms with Gasteiger partial charge in [0.15, 0.2) is 0 Å². The van der Waals surface area contributed by atoms with Gasteiger partial charge in [0.1, 0.15) is 0 Å². The van der Waals surface area contributed by atoms with Crippen molar-refractivity contribution in [2.24, 2.45) is 5.73 Å². The molecule has 1 heterocycles. The van der Waals surface area contributed by atoms with Crippen molar-refractivity contribution in [1.82, 2.24) is 15.1 Å². The van der Waals surface area contributed by atoms with Crippen LogP contribution in [0.4, 0.5) is 0 Å². The van der Waals surface area contributed by atoms with Crippen molar-refractivity contribution >= 4 is 5.91 Å². The molecule has 6 heteroatoms. The number of benzene rings is 1. The lowest BCUT2D eigenvalue weighted by Crippen LogP contribution is -2.47. The molecule has 2 unspecified atom stereocenters. The van der Waals surface area contributed by atoms with Crippen LogP contribution in [0.15, 0.2) is 30.3 Å². The number of amides is 1. The molecule has 0 aliphatic carbocycles. The molecule has 1 amide bonds. The van der Waals surface area contributed by atoms with Gasteiger partial charge < -0.3 is 20.7 Å². The molecule has 0 spiro atoms. The van der Waals surface area contributed by atoms with Crippen molar-refractivity contribution in [3.8, 4) is 0 Å². The number of hydrogen-bond donors (Lipinski definition) is 2. The predicted octanol–water partition coefficient (Wildman–Crippen LogP) is 0.845. The molecule has 1 saturated heterocycles. The van der Waals surface area contributed by atoms with Crippen molar-refractivity contribution in [2.75, 3.05) is 53.4 Å². The molecule has 25 heavy (non-hydrogen) atoms. The van der Waals surface area contributed by atoms with Crippen molar-refractivity contribution in [2.45, 2.75) is 25.0 Å². The third-order valence-corrected chi connectivity index (χ3v) is 4.83. The van der Waals surface area contributed by atoms with Gasteiger partial charge in [0.25, 0.3) is 0 Å². The minimum atomic E-state index is -0.194. The van der Waals surface area contributed by atoms with Crippen LogP contribution in [0, 0.1) is 0 Å². The molecule has 2 rings (SSSR count). The molecule has 2 atom stereocenters. The van der Waals surface area contributed by atoms with E-state index >= 15 is 0 Å². The van der Waals surface area contributed by atoms with Crippen LogP contribution in [-0.2, 0) is 9.53 Å². The molecule has 140 valence electrons. The summed E-state index contributed by atoms with van der Waals surface area (Å²) in [6.45, 7) is 5.23. The Morgan fingerprint density at radius 3 is 2.80 bits per heavy atom. The molecule has 0 aromatic heterocycles. The second-order valence-corrected chi connectivity index (χ2v) is 6.73. The minimum absolute atomic E-state index is 0.00952. The summed E-state index contributed by atoms with van der Waals surface area (Å²) in [6.07, 6.45) is 1.08. The SMILES string of the molecule is COC(CN)CC(=O)NCCCN1CCN(C)CC1c1ccccc1. The summed E-state index contributed by atoms with van der Waals surface area (Å²) in [7, 11) is 3.76. The normalized spacial score (nSPS) is 20.4. The van der Waals surface area contributed by atoms with Gasteiger partial charge >= 0.3 is 0 Å². The first-order valence-corrected chi connectivity index (χ1v) is 9.11. The number of piperazine rings is 1. The average Bonchev–Trinajstić information content (AvgIpc) is 2.64. The van der Waals surface area contributed by atoms with Gasteiger partial charge in [-0.25, -0.2) is 0 Å². The summed E-state index contributed by atoms with van der Waals surface area (Å²) in [5, 5.41) is 2.97. The van der Waals surface area contributed by atoms with Gasteiger partial charge in [-0.2, -0.15) is 0 Å². The number of nitrogens with zero attached hydrogens (tertiary/aromatic N) is 2. The number of likely N-dealkylation sites (N-methyl/N-ethyl adjacent to an activating group) is 1. The summed E-state index contributed by atoms with van der Waals surface area (Å²) in [5.41, 5.74) is 6.91. The zero-order valence-electron chi connectivity index (χ0n) is 15.5. The van der Waals surface area contributed by atoms with E-state index in [1.54, 1.807) is 7.11 Å². The number of nitrogens with two attached hydrogens (primary N) is 1. The van der Waals surface area contributed by atoms with Gasteiger partial charge in [0.2, 0.25) is 5.91 Å². The summed E-state index contributed by atoms with van der Waals surface area (Å²) in [5.74, 6) is 0.00952. The van der Waals surface area contributed by atoms with Crippen LogP contribution in [-0.4, -0.2) is 75.2 Å². The Balaban J connectivity index is 1.77. The molecule has 1 aliphatic rings. The topological polar surface area (TPSA) is 70.8 Å². The highest BCUT2D eigenvalue weighted by Crippen LogP contribution is 2.24. The maximum atomic E-state index is 11.9. The summed E-state index contributed by atoms with van der Waals surface area (Å²) < 4.78 is 5.15. The van der Waals surface area contributed by atoms with Crippen LogP contribution in [0.1, 0.15) is 24.4 Å². The monoisotopic (exact) mass is 348 g/mol. The van der Waals surface area contributed by atoms with Crippen molar-refractivity contribution < 1.29 is 9.53 Å². The Kier molecular flexibility index (Phi) is 8.34.